The predicted molar refractivity (Wildman–Crippen MR) is 68.9 cm³/mol. The molecular formula is C12H13F5N2O5. The molecule has 0 aliphatic carbocycles. The average molecular weight is 360 g/mol. The van der Waals surface area contributed by atoms with E-state index in [1.807, 2.05) is 0 Å². The van der Waals surface area contributed by atoms with Gasteiger partial charge in [-0.3, -0.25) is 15.1 Å². The number of pyridine rings is 1. The zero-order valence-electron chi connectivity index (χ0n) is 12.1. The maximum absolute atomic E-state index is 12.7. The zero-order valence-corrected chi connectivity index (χ0v) is 12.1. The van der Waals surface area contributed by atoms with Crippen molar-refractivity contribution in [2.75, 3.05) is 13.7 Å². The summed E-state index contributed by atoms with van der Waals surface area (Å²) in [6.07, 6.45) is -5.19. The maximum atomic E-state index is 12.7. The molecule has 0 aromatic carbocycles. The molecule has 1 heterocycles. The van der Waals surface area contributed by atoms with Crippen molar-refractivity contribution in [3.8, 4) is 5.75 Å². The maximum Gasteiger partial charge on any atom is 0.490 e. The summed E-state index contributed by atoms with van der Waals surface area (Å²) >= 11 is 0. The molecule has 7 nitrogen and oxygen atoms in total. The lowest BCUT2D eigenvalue weighted by Gasteiger charge is -2.17. The number of nitrogens with one attached hydrogen (secondary N) is 1. The zero-order chi connectivity index (χ0) is 18.9. The van der Waals surface area contributed by atoms with Crippen LogP contribution in [-0.4, -0.2) is 53.4 Å². The average Bonchev–Trinajstić information content (AvgIpc) is 2.46. The lowest BCUT2D eigenvalue weighted by Crippen LogP contribution is -2.31. The molecule has 0 aliphatic rings. The minimum absolute atomic E-state index is 0.181. The van der Waals surface area contributed by atoms with E-state index < -0.39 is 37.1 Å². The van der Waals surface area contributed by atoms with E-state index in [2.05, 4.69) is 10.3 Å². The van der Waals surface area contributed by atoms with Crippen molar-refractivity contribution < 1.29 is 46.5 Å². The van der Waals surface area contributed by atoms with Gasteiger partial charge in [-0.1, -0.05) is 0 Å². The van der Waals surface area contributed by atoms with Crippen LogP contribution in [0.2, 0.25) is 0 Å². The molecule has 0 radical (unpaired) electrons. The largest absolute Gasteiger partial charge is 0.495 e. The van der Waals surface area contributed by atoms with Crippen LogP contribution in [0.3, 0.4) is 0 Å². The standard InChI is InChI=1S/C10H12F2N2O3.C2HF3O2/c1-17-7-2-6(3-13-4-7)9(10(11)12)14-5-8(15)16;3-2(4,5)1(6)7/h2-4,9-10,14H,5H2,1H3,(H,15,16);(H,6,7)/t9-;/m1./s1. The molecule has 1 aromatic heterocycles. The summed E-state index contributed by atoms with van der Waals surface area (Å²) in [6, 6.07) is 0.00674. The number of aliphatic carboxylic acids is 2. The second kappa shape index (κ2) is 9.60. The molecule has 136 valence electrons. The first kappa shape index (κ1) is 21.5. The molecule has 0 saturated heterocycles. The Hall–Kier alpha value is -2.50. The van der Waals surface area contributed by atoms with Crippen LogP contribution in [0, 0.1) is 0 Å². The topological polar surface area (TPSA) is 109 Å². The fraction of sp³-hybridized carbons (Fsp3) is 0.417. The molecule has 0 spiro atoms. The van der Waals surface area contributed by atoms with Crippen molar-refractivity contribution in [1.29, 1.82) is 0 Å². The van der Waals surface area contributed by atoms with Crippen LogP contribution in [0.25, 0.3) is 0 Å². The highest BCUT2D eigenvalue weighted by atomic mass is 19.4. The van der Waals surface area contributed by atoms with Gasteiger partial charge in [0.15, 0.2) is 0 Å². The number of methoxy groups -OCH3 is 1. The molecule has 0 aliphatic heterocycles. The number of carbonyl (C=O) groups is 2. The third-order valence-electron chi connectivity index (χ3n) is 2.30. The monoisotopic (exact) mass is 360 g/mol. The van der Waals surface area contributed by atoms with Crippen LogP contribution in [0.1, 0.15) is 11.6 Å². The molecule has 0 fully saturated rings. The molecule has 24 heavy (non-hydrogen) atoms. The first-order chi connectivity index (χ1) is 11.0. The first-order valence-electron chi connectivity index (χ1n) is 6.01. The summed E-state index contributed by atoms with van der Waals surface area (Å²) in [5, 5.41) is 17.8. The van der Waals surface area contributed by atoms with Crippen LogP contribution in [0.4, 0.5) is 22.0 Å². The second-order valence-electron chi connectivity index (χ2n) is 4.05. The predicted octanol–water partition coefficient (Wildman–Crippen LogP) is 1.70. The number of nitrogens with zero attached hydrogens (tertiary/aromatic N) is 1. The Morgan fingerprint density at radius 2 is 1.83 bits per heavy atom. The number of hydrogen-bond acceptors (Lipinski definition) is 5. The number of alkyl halides is 5. The molecule has 0 saturated carbocycles. The molecule has 1 rings (SSSR count). The van der Waals surface area contributed by atoms with E-state index >= 15 is 0 Å². The Bertz CT molecular complexity index is 553. The van der Waals surface area contributed by atoms with Gasteiger partial charge in [-0.2, -0.15) is 13.2 Å². The minimum atomic E-state index is -5.08. The molecule has 12 heteroatoms. The number of hydrogen-bond donors (Lipinski definition) is 3. The molecule has 1 atom stereocenters. The molecule has 0 amide bonds. The SMILES string of the molecule is COc1cncc([C@@H](NCC(=O)O)C(F)F)c1.O=C(O)C(F)(F)F. The number of carboxylic acid groups (broad SMARTS) is 2. The van der Waals surface area contributed by atoms with Gasteiger partial charge in [-0.05, 0) is 11.6 Å². The smallest absolute Gasteiger partial charge is 0.490 e. The van der Waals surface area contributed by atoms with E-state index in [1.165, 1.54) is 25.6 Å². The third-order valence-corrected chi connectivity index (χ3v) is 2.30. The summed E-state index contributed by atoms with van der Waals surface area (Å²) in [7, 11) is 1.39. The van der Waals surface area contributed by atoms with E-state index in [0.717, 1.165) is 0 Å². The van der Waals surface area contributed by atoms with Crippen molar-refractivity contribution in [2.45, 2.75) is 18.6 Å². The number of carboxylic acids is 2. The summed E-state index contributed by atoms with van der Waals surface area (Å²) < 4.78 is 62.1. The molecule has 0 unspecified atom stereocenters. The van der Waals surface area contributed by atoms with E-state index in [4.69, 9.17) is 19.7 Å². The highest BCUT2D eigenvalue weighted by Crippen LogP contribution is 2.22. The Morgan fingerprint density at radius 1 is 1.29 bits per heavy atom. The van der Waals surface area contributed by atoms with Crippen molar-refractivity contribution in [3.05, 3.63) is 24.0 Å². The van der Waals surface area contributed by atoms with Crippen LogP contribution in [0.15, 0.2) is 18.5 Å². The second-order valence-corrected chi connectivity index (χ2v) is 4.05. The molecule has 3 N–H and O–H groups in total. The van der Waals surface area contributed by atoms with Crippen molar-refractivity contribution in [3.63, 3.8) is 0 Å². The van der Waals surface area contributed by atoms with E-state index in [1.54, 1.807) is 0 Å². The van der Waals surface area contributed by atoms with Gasteiger partial charge in [0.2, 0.25) is 0 Å². The highest BCUT2D eigenvalue weighted by Gasteiger charge is 2.38. The number of aromatic nitrogens is 1. The normalized spacial score (nSPS) is 12.1. The summed E-state index contributed by atoms with van der Waals surface area (Å²) in [5.41, 5.74) is 0.181. The summed E-state index contributed by atoms with van der Waals surface area (Å²) in [5.74, 6) is -3.62. The van der Waals surface area contributed by atoms with E-state index in [0.29, 0.717) is 5.75 Å². The Morgan fingerprint density at radius 3 is 2.21 bits per heavy atom. The van der Waals surface area contributed by atoms with Crippen molar-refractivity contribution >= 4 is 11.9 Å². The lowest BCUT2D eigenvalue weighted by molar-refractivity contribution is -0.192. The van der Waals surface area contributed by atoms with Gasteiger partial charge < -0.3 is 14.9 Å². The van der Waals surface area contributed by atoms with Crippen LogP contribution in [0.5, 0.6) is 5.75 Å². The first-order valence-corrected chi connectivity index (χ1v) is 6.01. The Labute approximate surface area is 132 Å². The summed E-state index contributed by atoms with van der Waals surface area (Å²) in [4.78, 5) is 23.0. The fourth-order valence-electron chi connectivity index (χ4n) is 1.27. The van der Waals surface area contributed by atoms with Gasteiger partial charge in [0.25, 0.3) is 6.43 Å². The van der Waals surface area contributed by atoms with Gasteiger partial charge in [0.05, 0.1) is 25.9 Å². The molecule has 0 bridgehead atoms. The van der Waals surface area contributed by atoms with E-state index in [9.17, 15) is 26.7 Å². The van der Waals surface area contributed by atoms with Gasteiger partial charge in [0.1, 0.15) is 5.75 Å². The summed E-state index contributed by atoms with van der Waals surface area (Å²) in [6.45, 7) is -0.549. The van der Waals surface area contributed by atoms with E-state index in [-0.39, 0.29) is 5.56 Å². The number of halogens is 5. The quantitative estimate of drug-likeness (QED) is 0.663. The van der Waals surface area contributed by atoms with Crippen molar-refractivity contribution in [1.82, 2.24) is 10.3 Å². The lowest BCUT2D eigenvalue weighted by atomic mass is 10.1. The highest BCUT2D eigenvalue weighted by molar-refractivity contribution is 5.73. The van der Waals surface area contributed by atoms with Crippen LogP contribution >= 0.6 is 0 Å². The Balaban J connectivity index is 0.000000640. The van der Waals surface area contributed by atoms with Crippen molar-refractivity contribution in [2.24, 2.45) is 0 Å². The number of ether oxygens (including phenoxy) is 1. The van der Waals surface area contributed by atoms with Gasteiger partial charge in [0, 0.05) is 6.20 Å². The third kappa shape index (κ3) is 8.22. The van der Waals surface area contributed by atoms with Crippen LogP contribution < -0.4 is 10.1 Å². The fourth-order valence-corrected chi connectivity index (χ4v) is 1.27. The van der Waals surface area contributed by atoms with Gasteiger partial charge in [-0.25, -0.2) is 13.6 Å². The Kier molecular flexibility index (Phi) is 8.60. The van der Waals surface area contributed by atoms with Gasteiger partial charge in [-0.15, -0.1) is 0 Å². The van der Waals surface area contributed by atoms with Crippen LogP contribution in [-0.2, 0) is 9.59 Å². The molecule has 1 aromatic rings. The molecular weight excluding hydrogens is 347 g/mol. The minimum Gasteiger partial charge on any atom is -0.495 e. The van der Waals surface area contributed by atoms with Gasteiger partial charge >= 0.3 is 18.1 Å². The number of rotatable bonds is 6.